The van der Waals surface area contributed by atoms with Gasteiger partial charge in [0.05, 0.1) is 0 Å². The fraction of sp³-hybridized carbons (Fsp3) is 0.273. The predicted molar refractivity (Wildman–Crippen MR) is 112 cm³/mol. The third-order valence-electron chi connectivity index (χ3n) is 4.27. The van der Waals surface area contributed by atoms with Crippen molar-refractivity contribution >= 4 is 23.9 Å². The number of carbonyl (C=O) groups is 4. The summed E-state index contributed by atoms with van der Waals surface area (Å²) >= 11 is 0. The maximum absolute atomic E-state index is 12.3. The van der Waals surface area contributed by atoms with E-state index in [1.807, 2.05) is 18.2 Å². The van der Waals surface area contributed by atoms with Crippen LogP contribution >= 0.6 is 0 Å². The second-order valence-electron chi connectivity index (χ2n) is 6.79. The van der Waals surface area contributed by atoms with E-state index in [1.165, 1.54) is 6.92 Å². The quantitative estimate of drug-likeness (QED) is 0.451. The zero-order valence-corrected chi connectivity index (χ0v) is 17.0. The Labute approximate surface area is 179 Å². The van der Waals surface area contributed by atoms with E-state index in [0.717, 1.165) is 11.1 Å². The Hall–Kier alpha value is -3.88. The summed E-state index contributed by atoms with van der Waals surface area (Å²) in [4.78, 5) is 47.4. The van der Waals surface area contributed by atoms with Crippen LogP contribution in [0.15, 0.2) is 60.7 Å². The van der Waals surface area contributed by atoms with E-state index >= 15 is 0 Å². The average molecular weight is 427 g/mol. The van der Waals surface area contributed by atoms with Crippen LogP contribution in [-0.2, 0) is 32.1 Å². The molecule has 0 aliphatic rings. The number of hydrogen-bond acceptors (Lipinski definition) is 5. The molecule has 2 atom stereocenters. The normalized spacial score (nSPS) is 12.2. The lowest BCUT2D eigenvalue weighted by Crippen LogP contribution is -2.52. The van der Waals surface area contributed by atoms with Gasteiger partial charge in [0, 0.05) is 6.42 Å². The topological polar surface area (TPSA) is 134 Å². The second-order valence-corrected chi connectivity index (χ2v) is 6.79. The van der Waals surface area contributed by atoms with Crippen molar-refractivity contribution in [2.45, 2.75) is 32.0 Å². The number of rotatable bonds is 10. The molecule has 0 spiro atoms. The zero-order valence-electron chi connectivity index (χ0n) is 17.0. The minimum absolute atomic E-state index is 0.0606. The van der Waals surface area contributed by atoms with E-state index in [-0.39, 0.29) is 13.0 Å². The molecule has 0 aliphatic carbocycles. The molecule has 0 aromatic heterocycles. The molecule has 0 fully saturated rings. The average Bonchev–Trinajstić information content (AvgIpc) is 2.77. The Morgan fingerprint density at radius 3 is 2.06 bits per heavy atom. The molecule has 0 bridgehead atoms. The summed E-state index contributed by atoms with van der Waals surface area (Å²) in [5.74, 6) is -2.45. The first-order valence-corrected chi connectivity index (χ1v) is 9.66. The molecule has 4 N–H and O–H groups in total. The highest BCUT2D eigenvalue weighted by atomic mass is 16.5. The number of carbonyl (C=O) groups excluding carboxylic acids is 3. The third kappa shape index (κ3) is 8.57. The number of aliphatic carboxylic acids is 1. The first kappa shape index (κ1) is 23.4. The van der Waals surface area contributed by atoms with Crippen LogP contribution in [0.1, 0.15) is 18.1 Å². The summed E-state index contributed by atoms with van der Waals surface area (Å²) in [6, 6.07) is 15.8. The molecule has 31 heavy (non-hydrogen) atoms. The fourth-order valence-electron chi connectivity index (χ4n) is 2.63. The number of amides is 3. The Morgan fingerprint density at radius 1 is 0.903 bits per heavy atom. The number of ether oxygens (including phenoxy) is 1. The summed E-state index contributed by atoms with van der Waals surface area (Å²) in [7, 11) is 0. The van der Waals surface area contributed by atoms with E-state index in [1.54, 1.807) is 42.5 Å². The third-order valence-corrected chi connectivity index (χ3v) is 4.27. The summed E-state index contributed by atoms with van der Waals surface area (Å²) in [5, 5.41) is 16.5. The van der Waals surface area contributed by atoms with Crippen molar-refractivity contribution in [3.63, 3.8) is 0 Å². The van der Waals surface area contributed by atoms with Gasteiger partial charge in [0.2, 0.25) is 11.8 Å². The van der Waals surface area contributed by atoms with Gasteiger partial charge < -0.3 is 25.8 Å². The van der Waals surface area contributed by atoms with Crippen LogP contribution in [0.5, 0.6) is 0 Å². The molecule has 0 saturated heterocycles. The largest absolute Gasteiger partial charge is 0.480 e. The fourth-order valence-corrected chi connectivity index (χ4v) is 2.63. The minimum Gasteiger partial charge on any atom is -0.480 e. The Kier molecular flexibility index (Phi) is 9.03. The van der Waals surface area contributed by atoms with Crippen molar-refractivity contribution in [3.8, 4) is 0 Å². The standard InChI is InChI=1S/C22H25N3O6/c1-15(20(27)25-18(21(28)29)12-16-8-4-2-5-9-16)24-19(26)13-23-22(30)31-14-17-10-6-3-7-11-17/h2-11,15,18H,12-14H2,1H3,(H,23,30)(H,24,26)(H,25,27)(H,28,29)/t15-,18-/m0/s1. The highest BCUT2D eigenvalue weighted by molar-refractivity contribution is 5.91. The highest BCUT2D eigenvalue weighted by Gasteiger charge is 2.24. The lowest BCUT2D eigenvalue weighted by atomic mass is 10.1. The van der Waals surface area contributed by atoms with Crippen LogP contribution in [0.3, 0.4) is 0 Å². The van der Waals surface area contributed by atoms with Gasteiger partial charge in [-0.1, -0.05) is 60.7 Å². The van der Waals surface area contributed by atoms with E-state index < -0.39 is 42.5 Å². The van der Waals surface area contributed by atoms with Gasteiger partial charge in [-0.15, -0.1) is 0 Å². The van der Waals surface area contributed by atoms with Gasteiger partial charge in [0.15, 0.2) is 0 Å². The Bertz CT molecular complexity index is 889. The Morgan fingerprint density at radius 2 is 1.48 bits per heavy atom. The molecule has 0 unspecified atom stereocenters. The van der Waals surface area contributed by atoms with Crippen LogP contribution in [0, 0.1) is 0 Å². The smallest absolute Gasteiger partial charge is 0.407 e. The first-order valence-electron chi connectivity index (χ1n) is 9.66. The molecule has 3 amide bonds. The van der Waals surface area contributed by atoms with Crippen LogP contribution in [-0.4, -0.2) is 47.6 Å². The summed E-state index contributed by atoms with van der Waals surface area (Å²) in [6.07, 6.45) is -0.665. The van der Waals surface area contributed by atoms with Crippen LogP contribution < -0.4 is 16.0 Å². The van der Waals surface area contributed by atoms with Gasteiger partial charge in [0.1, 0.15) is 25.2 Å². The van der Waals surface area contributed by atoms with Crippen molar-refractivity contribution < 1.29 is 29.0 Å². The first-order chi connectivity index (χ1) is 14.8. The highest BCUT2D eigenvalue weighted by Crippen LogP contribution is 2.04. The maximum atomic E-state index is 12.3. The number of carboxylic acids is 1. The molecule has 164 valence electrons. The Balaban J connectivity index is 1.74. The molecule has 0 saturated carbocycles. The van der Waals surface area contributed by atoms with Crippen molar-refractivity contribution in [1.82, 2.24) is 16.0 Å². The lowest BCUT2D eigenvalue weighted by Gasteiger charge is -2.19. The number of nitrogens with one attached hydrogen (secondary N) is 3. The molecule has 2 rings (SSSR count). The molecule has 2 aromatic rings. The monoisotopic (exact) mass is 427 g/mol. The van der Waals surface area contributed by atoms with Gasteiger partial charge in [-0.2, -0.15) is 0 Å². The van der Waals surface area contributed by atoms with Gasteiger partial charge in [-0.25, -0.2) is 9.59 Å². The lowest BCUT2D eigenvalue weighted by molar-refractivity contribution is -0.142. The molecular weight excluding hydrogens is 402 g/mol. The van der Waals surface area contributed by atoms with Crippen molar-refractivity contribution in [1.29, 1.82) is 0 Å². The summed E-state index contributed by atoms with van der Waals surface area (Å²) < 4.78 is 4.99. The molecule has 9 heteroatoms. The SMILES string of the molecule is C[C@H](NC(=O)CNC(=O)OCc1ccccc1)C(=O)N[C@@H](Cc1ccccc1)C(=O)O. The zero-order chi connectivity index (χ0) is 22.6. The summed E-state index contributed by atoms with van der Waals surface area (Å²) in [6.45, 7) is 1.09. The van der Waals surface area contributed by atoms with Gasteiger partial charge in [0.25, 0.3) is 0 Å². The van der Waals surface area contributed by atoms with E-state index in [2.05, 4.69) is 16.0 Å². The van der Waals surface area contributed by atoms with Gasteiger partial charge in [-0.05, 0) is 18.1 Å². The molecule has 0 radical (unpaired) electrons. The predicted octanol–water partition coefficient (Wildman–Crippen LogP) is 1.23. The number of alkyl carbamates (subject to hydrolysis) is 1. The van der Waals surface area contributed by atoms with Gasteiger partial charge >= 0.3 is 12.1 Å². The van der Waals surface area contributed by atoms with E-state index in [4.69, 9.17) is 4.74 Å². The molecular formula is C22H25N3O6. The van der Waals surface area contributed by atoms with Gasteiger partial charge in [-0.3, -0.25) is 9.59 Å². The minimum atomic E-state index is -1.18. The van der Waals surface area contributed by atoms with E-state index in [0.29, 0.717) is 0 Å². The van der Waals surface area contributed by atoms with Crippen molar-refractivity contribution in [3.05, 3.63) is 71.8 Å². The summed E-state index contributed by atoms with van der Waals surface area (Å²) in [5.41, 5.74) is 1.56. The van der Waals surface area contributed by atoms with Crippen LogP contribution in [0.25, 0.3) is 0 Å². The van der Waals surface area contributed by atoms with Crippen molar-refractivity contribution in [2.24, 2.45) is 0 Å². The van der Waals surface area contributed by atoms with Crippen molar-refractivity contribution in [2.75, 3.05) is 6.54 Å². The van der Waals surface area contributed by atoms with Crippen LogP contribution in [0.4, 0.5) is 4.79 Å². The molecule has 2 aromatic carbocycles. The number of carboxylic acid groups (broad SMARTS) is 1. The van der Waals surface area contributed by atoms with Crippen LogP contribution in [0.2, 0.25) is 0 Å². The molecule has 0 heterocycles. The molecule has 9 nitrogen and oxygen atoms in total. The number of benzene rings is 2. The second kappa shape index (κ2) is 12.0. The maximum Gasteiger partial charge on any atom is 0.407 e. The van der Waals surface area contributed by atoms with E-state index in [9.17, 15) is 24.3 Å². The molecule has 0 aliphatic heterocycles. The number of hydrogen-bond donors (Lipinski definition) is 4.